The Balaban J connectivity index is 2.54. The van der Waals surface area contributed by atoms with Crippen LogP contribution in [0.1, 0.15) is 12.0 Å². The molecule has 0 unspecified atom stereocenters. The number of aryl methyl sites for hydroxylation is 1. The predicted octanol–water partition coefficient (Wildman–Crippen LogP) is -0.492. The topological polar surface area (TPSA) is 113 Å². The maximum Gasteiger partial charge on any atom is 0.326 e. The van der Waals surface area contributed by atoms with E-state index in [0.717, 1.165) is 5.56 Å². The largest absolute Gasteiger partial charge is 0.480 e. The van der Waals surface area contributed by atoms with Crippen LogP contribution in [0.25, 0.3) is 0 Å². The number of aliphatic carboxylic acids is 1. The highest BCUT2D eigenvalue weighted by Gasteiger charge is 2.22. The van der Waals surface area contributed by atoms with Crippen molar-refractivity contribution in [1.29, 1.82) is 0 Å². The Morgan fingerprint density at radius 2 is 1.89 bits per heavy atom. The fourth-order valence-corrected chi connectivity index (χ4v) is 1.57. The molecule has 1 rings (SSSR count). The summed E-state index contributed by atoms with van der Waals surface area (Å²) in [5.74, 6) is -1.78. The van der Waals surface area contributed by atoms with Crippen molar-refractivity contribution in [2.75, 3.05) is 6.61 Å². The Bertz CT molecular complexity index is 422. The molecule has 0 aromatic heterocycles. The van der Waals surface area contributed by atoms with E-state index >= 15 is 0 Å². The van der Waals surface area contributed by atoms with Crippen molar-refractivity contribution in [2.24, 2.45) is 5.73 Å². The predicted molar refractivity (Wildman–Crippen MR) is 69.4 cm³/mol. The highest BCUT2D eigenvalue weighted by Crippen LogP contribution is 2.05. The molecule has 0 heterocycles. The van der Waals surface area contributed by atoms with E-state index in [0.29, 0.717) is 6.42 Å². The van der Waals surface area contributed by atoms with Gasteiger partial charge in [0.2, 0.25) is 5.91 Å². The lowest BCUT2D eigenvalue weighted by atomic mass is 10.0. The van der Waals surface area contributed by atoms with E-state index in [9.17, 15) is 9.59 Å². The number of carbonyl (C=O) groups is 2. The fourth-order valence-electron chi connectivity index (χ4n) is 1.57. The first-order valence-corrected chi connectivity index (χ1v) is 5.98. The van der Waals surface area contributed by atoms with E-state index in [1.807, 2.05) is 30.3 Å². The highest BCUT2D eigenvalue weighted by atomic mass is 16.4. The van der Waals surface area contributed by atoms with Gasteiger partial charge < -0.3 is 21.3 Å². The molecule has 1 amide bonds. The van der Waals surface area contributed by atoms with Gasteiger partial charge >= 0.3 is 5.97 Å². The lowest BCUT2D eigenvalue weighted by Crippen LogP contribution is -2.49. The Morgan fingerprint density at radius 1 is 1.26 bits per heavy atom. The van der Waals surface area contributed by atoms with Gasteiger partial charge in [-0.15, -0.1) is 0 Å². The molecule has 0 fully saturated rings. The van der Waals surface area contributed by atoms with Gasteiger partial charge in [-0.1, -0.05) is 30.3 Å². The fraction of sp³-hybridized carbons (Fsp3) is 0.385. The van der Waals surface area contributed by atoms with Gasteiger partial charge in [-0.05, 0) is 18.4 Å². The van der Waals surface area contributed by atoms with Crippen LogP contribution in [-0.2, 0) is 16.0 Å². The smallest absolute Gasteiger partial charge is 0.326 e. The zero-order valence-electron chi connectivity index (χ0n) is 10.5. The minimum Gasteiger partial charge on any atom is -0.480 e. The number of benzene rings is 1. The molecular weight excluding hydrogens is 248 g/mol. The van der Waals surface area contributed by atoms with Crippen molar-refractivity contribution < 1.29 is 19.8 Å². The number of amides is 1. The molecule has 6 heteroatoms. The summed E-state index contributed by atoms with van der Waals surface area (Å²) in [6.45, 7) is -0.517. The summed E-state index contributed by atoms with van der Waals surface area (Å²) >= 11 is 0. The Kier molecular flexibility index (Phi) is 5.98. The van der Waals surface area contributed by atoms with Crippen LogP contribution in [0, 0.1) is 0 Å². The first-order chi connectivity index (χ1) is 9.04. The number of aliphatic hydroxyl groups is 1. The minimum absolute atomic E-state index is 0.267. The third-order valence-corrected chi connectivity index (χ3v) is 2.71. The lowest BCUT2D eigenvalue weighted by molar-refractivity contribution is -0.142. The number of carbonyl (C=O) groups excluding carboxylic acids is 1. The molecule has 0 aliphatic rings. The zero-order chi connectivity index (χ0) is 14.3. The number of hydrogen-bond acceptors (Lipinski definition) is 4. The summed E-state index contributed by atoms with van der Waals surface area (Å²) in [4.78, 5) is 22.5. The van der Waals surface area contributed by atoms with Crippen molar-refractivity contribution in [2.45, 2.75) is 24.9 Å². The monoisotopic (exact) mass is 266 g/mol. The molecule has 1 aromatic carbocycles. The average Bonchev–Trinajstić information content (AvgIpc) is 2.42. The van der Waals surface area contributed by atoms with Crippen molar-refractivity contribution in [3.63, 3.8) is 0 Å². The van der Waals surface area contributed by atoms with Crippen LogP contribution >= 0.6 is 0 Å². The van der Waals surface area contributed by atoms with Crippen LogP contribution < -0.4 is 11.1 Å². The minimum atomic E-state index is -1.12. The van der Waals surface area contributed by atoms with Crippen LogP contribution in [0.5, 0.6) is 0 Å². The molecule has 0 aliphatic carbocycles. The van der Waals surface area contributed by atoms with Gasteiger partial charge in [0.05, 0.1) is 6.61 Å². The van der Waals surface area contributed by atoms with Gasteiger partial charge in [0.1, 0.15) is 12.1 Å². The SMILES string of the molecule is N[C@H](CO)C(=O)N[C@@H](CCc1ccccc1)C(=O)O. The van der Waals surface area contributed by atoms with E-state index in [-0.39, 0.29) is 6.42 Å². The maximum absolute atomic E-state index is 11.4. The second-order valence-electron chi connectivity index (χ2n) is 4.21. The number of rotatable bonds is 7. The number of carboxylic acids is 1. The van der Waals surface area contributed by atoms with E-state index in [1.165, 1.54) is 0 Å². The first-order valence-electron chi connectivity index (χ1n) is 5.98. The summed E-state index contributed by atoms with van der Waals surface area (Å²) in [6.07, 6.45) is 0.801. The van der Waals surface area contributed by atoms with Crippen LogP contribution in [0.3, 0.4) is 0 Å². The lowest BCUT2D eigenvalue weighted by Gasteiger charge is -2.16. The summed E-state index contributed by atoms with van der Waals surface area (Å²) < 4.78 is 0. The van der Waals surface area contributed by atoms with E-state index in [2.05, 4.69) is 5.32 Å². The number of carboxylic acid groups (broad SMARTS) is 1. The van der Waals surface area contributed by atoms with E-state index < -0.39 is 30.6 Å². The molecule has 104 valence electrons. The van der Waals surface area contributed by atoms with E-state index in [4.69, 9.17) is 15.9 Å². The summed E-state index contributed by atoms with van der Waals surface area (Å²) in [5, 5.41) is 20.1. The van der Waals surface area contributed by atoms with Crippen molar-refractivity contribution >= 4 is 11.9 Å². The van der Waals surface area contributed by atoms with Crippen LogP contribution in [-0.4, -0.2) is 40.8 Å². The standard InChI is InChI=1S/C13H18N2O4/c14-10(8-16)12(17)15-11(13(18)19)7-6-9-4-2-1-3-5-9/h1-5,10-11,16H,6-8,14H2,(H,15,17)(H,18,19)/t10-,11+/m1/s1. The van der Waals surface area contributed by atoms with Crippen molar-refractivity contribution in [3.8, 4) is 0 Å². The second-order valence-corrected chi connectivity index (χ2v) is 4.21. The molecule has 0 saturated heterocycles. The summed E-state index contributed by atoms with van der Waals surface area (Å²) in [7, 11) is 0. The van der Waals surface area contributed by atoms with Crippen LogP contribution in [0.2, 0.25) is 0 Å². The molecule has 0 aliphatic heterocycles. The number of nitrogens with one attached hydrogen (secondary N) is 1. The summed E-state index contributed by atoms with van der Waals surface area (Å²) in [6, 6.07) is 7.28. The molecule has 0 radical (unpaired) electrons. The number of hydrogen-bond donors (Lipinski definition) is 4. The van der Waals surface area contributed by atoms with Gasteiger partial charge in [-0.3, -0.25) is 4.79 Å². The van der Waals surface area contributed by atoms with Gasteiger partial charge in [0.15, 0.2) is 0 Å². The molecule has 19 heavy (non-hydrogen) atoms. The molecule has 0 spiro atoms. The Hall–Kier alpha value is -1.92. The molecule has 0 saturated carbocycles. The van der Waals surface area contributed by atoms with Gasteiger partial charge in [-0.2, -0.15) is 0 Å². The van der Waals surface area contributed by atoms with E-state index in [1.54, 1.807) is 0 Å². The molecular formula is C13H18N2O4. The molecule has 0 bridgehead atoms. The molecule has 5 N–H and O–H groups in total. The summed E-state index contributed by atoms with van der Waals surface area (Å²) in [5.41, 5.74) is 6.31. The highest BCUT2D eigenvalue weighted by molar-refractivity contribution is 5.86. The molecule has 1 aromatic rings. The Labute approximate surface area is 111 Å². The quantitative estimate of drug-likeness (QED) is 0.532. The van der Waals surface area contributed by atoms with Crippen molar-refractivity contribution in [3.05, 3.63) is 35.9 Å². The number of aliphatic hydroxyl groups excluding tert-OH is 1. The third kappa shape index (κ3) is 5.07. The molecule has 6 nitrogen and oxygen atoms in total. The van der Waals surface area contributed by atoms with Gasteiger partial charge in [0.25, 0.3) is 0 Å². The zero-order valence-corrected chi connectivity index (χ0v) is 10.5. The average molecular weight is 266 g/mol. The number of nitrogens with two attached hydrogens (primary N) is 1. The first kappa shape index (κ1) is 15.1. The normalized spacial score (nSPS) is 13.6. The van der Waals surface area contributed by atoms with Crippen LogP contribution in [0.15, 0.2) is 30.3 Å². The Morgan fingerprint density at radius 3 is 2.42 bits per heavy atom. The van der Waals surface area contributed by atoms with Crippen LogP contribution in [0.4, 0.5) is 0 Å². The van der Waals surface area contributed by atoms with Gasteiger partial charge in [-0.25, -0.2) is 4.79 Å². The molecule has 2 atom stereocenters. The third-order valence-electron chi connectivity index (χ3n) is 2.71. The maximum atomic E-state index is 11.4. The second kappa shape index (κ2) is 7.50. The van der Waals surface area contributed by atoms with Gasteiger partial charge in [0, 0.05) is 0 Å². The van der Waals surface area contributed by atoms with Crippen molar-refractivity contribution in [1.82, 2.24) is 5.32 Å².